The summed E-state index contributed by atoms with van der Waals surface area (Å²) in [7, 11) is 0. The number of nitrogens with one attached hydrogen (secondary N) is 1. The fourth-order valence-electron chi connectivity index (χ4n) is 2.58. The molecule has 1 atom stereocenters. The van der Waals surface area contributed by atoms with Crippen molar-refractivity contribution in [2.24, 2.45) is 0 Å². The summed E-state index contributed by atoms with van der Waals surface area (Å²) < 4.78 is 43.4. The van der Waals surface area contributed by atoms with E-state index < -0.39 is 11.7 Å². The van der Waals surface area contributed by atoms with Crippen molar-refractivity contribution < 1.29 is 22.7 Å². The molecule has 1 aliphatic heterocycles. The van der Waals surface area contributed by atoms with Crippen LogP contribution < -0.4 is 5.32 Å². The predicted molar refractivity (Wildman–Crippen MR) is 79.9 cm³/mol. The molecule has 2 rings (SSSR count). The molecule has 1 heterocycles. The highest BCUT2D eigenvalue weighted by molar-refractivity contribution is 5.75. The Morgan fingerprint density at radius 1 is 1.26 bits per heavy atom. The Morgan fingerprint density at radius 3 is 2.39 bits per heavy atom. The van der Waals surface area contributed by atoms with Crippen LogP contribution in [0, 0.1) is 0 Å². The maximum absolute atomic E-state index is 12.7. The Bertz CT molecular complexity index is 511. The van der Waals surface area contributed by atoms with Gasteiger partial charge >= 0.3 is 6.18 Å². The number of rotatable bonds is 5. The van der Waals surface area contributed by atoms with Gasteiger partial charge in [-0.2, -0.15) is 13.2 Å². The van der Waals surface area contributed by atoms with Gasteiger partial charge in [-0.25, -0.2) is 0 Å². The standard InChI is InChI=1S/C16H21F3N2O2/c1-2-15(22)20-11-14(21-7-9-23-10-8-21)12-3-5-13(6-4-12)16(17,18)19/h3-6,14H,2,7-11H2,1H3,(H,20,22)/t14-/m0/s1. The van der Waals surface area contributed by atoms with Crippen molar-refractivity contribution in [3.8, 4) is 0 Å². The smallest absolute Gasteiger partial charge is 0.379 e. The molecule has 0 saturated carbocycles. The summed E-state index contributed by atoms with van der Waals surface area (Å²) >= 11 is 0. The highest BCUT2D eigenvalue weighted by Crippen LogP contribution is 2.31. The van der Waals surface area contributed by atoms with Crippen LogP contribution in [-0.4, -0.2) is 43.7 Å². The Kier molecular flexibility index (Phi) is 6.01. The van der Waals surface area contributed by atoms with Crippen LogP contribution in [0.3, 0.4) is 0 Å². The molecular formula is C16H21F3N2O2. The van der Waals surface area contributed by atoms with Crippen LogP contribution in [0.2, 0.25) is 0 Å². The lowest BCUT2D eigenvalue weighted by Gasteiger charge is -2.35. The number of ether oxygens (including phenoxy) is 1. The summed E-state index contributed by atoms with van der Waals surface area (Å²) in [6, 6.07) is 4.99. The molecule has 128 valence electrons. The lowest BCUT2D eigenvalue weighted by atomic mass is 10.0. The van der Waals surface area contributed by atoms with E-state index in [9.17, 15) is 18.0 Å². The molecule has 0 spiro atoms. The molecular weight excluding hydrogens is 309 g/mol. The van der Waals surface area contributed by atoms with E-state index in [1.54, 1.807) is 6.92 Å². The van der Waals surface area contributed by atoms with Gasteiger partial charge in [-0.3, -0.25) is 9.69 Å². The SMILES string of the molecule is CCC(=O)NC[C@@H](c1ccc(C(F)(F)F)cc1)N1CCOCC1. The fourth-order valence-corrected chi connectivity index (χ4v) is 2.58. The zero-order valence-electron chi connectivity index (χ0n) is 13.0. The monoisotopic (exact) mass is 330 g/mol. The van der Waals surface area contributed by atoms with E-state index in [2.05, 4.69) is 10.2 Å². The van der Waals surface area contributed by atoms with Gasteiger partial charge in [0, 0.05) is 26.1 Å². The number of carbonyl (C=O) groups excluding carboxylic acids is 1. The molecule has 0 radical (unpaired) electrons. The van der Waals surface area contributed by atoms with Gasteiger partial charge in [0.2, 0.25) is 5.91 Å². The Balaban J connectivity index is 2.16. The summed E-state index contributed by atoms with van der Waals surface area (Å²) in [4.78, 5) is 13.6. The third kappa shape index (κ3) is 4.94. The second-order valence-electron chi connectivity index (χ2n) is 5.44. The van der Waals surface area contributed by atoms with Crippen LogP contribution >= 0.6 is 0 Å². The van der Waals surface area contributed by atoms with Gasteiger partial charge in [0.15, 0.2) is 0 Å². The molecule has 1 aliphatic rings. The van der Waals surface area contributed by atoms with Crippen LogP contribution in [0.4, 0.5) is 13.2 Å². The van der Waals surface area contributed by atoms with E-state index in [1.807, 2.05) is 0 Å². The van der Waals surface area contributed by atoms with Gasteiger partial charge in [-0.1, -0.05) is 19.1 Å². The second-order valence-corrected chi connectivity index (χ2v) is 5.44. The maximum Gasteiger partial charge on any atom is 0.416 e. The third-order valence-electron chi connectivity index (χ3n) is 3.92. The molecule has 1 amide bonds. The minimum absolute atomic E-state index is 0.0739. The van der Waals surface area contributed by atoms with E-state index in [0.717, 1.165) is 17.7 Å². The maximum atomic E-state index is 12.7. The summed E-state index contributed by atoms with van der Waals surface area (Å²) in [5.74, 6) is -0.0739. The summed E-state index contributed by atoms with van der Waals surface area (Å²) in [6.45, 7) is 4.67. The van der Waals surface area contributed by atoms with Crippen molar-refractivity contribution in [1.29, 1.82) is 0 Å². The van der Waals surface area contributed by atoms with Gasteiger partial charge in [0.25, 0.3) is 0 Å². The van der Waals surface area contributed by atoms with Gasteiger partial charge in [0.05, 0.1) is 24.8 Å². The molecule has 1 aromatic rings. The number of hydrogen-bond donors (Lipinski definition) is 1. The molecule has 1 fully saturated rings. The quantitative estimate of drug-likeness (QED) is 0.902. The van der Waals surface area contributed by atoms with Crippen molar-refractivity contribution in [3.05, 3.63) is 35.4 Å². The lowest BCUT2D eigenvalue weighted by molar-refractivity contribution is -0.137. The zero-order valence-corrected chi connectivity index (χ0v) is 13.0. The fraction of sp³-hybridized carbons (Fsp3) is 0.562. The first kappa shape index (κ1) is 17.7. The highest BCUT2D eigenvalue weighted by atomic mass is 19.4. The molecule has 0 unspecified atom stereocenters. The van der Waals surface area contributed by atoms with Crippen LogP contribution in [-0.2, 0) is 15.7 Å². The normalized spacial score (nSPS) is 17.7. The van der Waals surface area contributed by atoms with Gasteiger partial charge < -0.3 is 10.1 Å². The first-order valence-electron chi connectivity index (χ1n) is 7.67. The van der Waals surface area contributed by atoms with E-state index in [-0.39, 0.29) is 11.9 Å². The van der Waals surface area contributed by atoms with E-state index in [1.165, 1.54) is 12.1 Å². The average molecular weight is 330 g/mol. The molecule has 4 nitrogen and oxygen atoms in total. The van der Waals surface area contributed by atoms with Gasteiger partial charge in [-0.05, 0) is 17.7 Å². The minimum Gasteiger partial charge on any atom is -0.379 e. The number of halogens is 3. The highest BCUT2D eigenvalue weighted by Gasteiger charge is 2.31. The number of alkyl halides is 3. The topological polar surface area (TPSA) is 41.6 Å². The third-order valence-corrected chi connectivity index (χ3v) is 3.92. The number of nitrogens with zero attached hydrogens (tertiary/aromatic N) is 1. The van der Waals surface area contributed by atoms with Gasteiger partial charge in [-0.15, -0.1) is 0 Å². The Morgan fingerprint density at radius 2 is 1.87 bits per heavy atom. The van der Waals surface area contributed by atoms with E-state index >= 15 is 0 Å². The number of benzene rings is 1. The molecule has 1 aromatic carbocycles. The number of hydrogen-bond acceptors (Lipinski definition) is 3. The molecule has 1 N–H and O–H groups in total. The van der Waals surface area contributed by atoms with Crippen LogP contribution in [0.15, 0.2) is 24.3 Å². The number of amides is 1. The summed E-state index contributed by atoms with van der Waals surface area (Å²) in [6.07, 6.45) is -3.97. The molecule has 7 heteroatoms. The Hall–Kier alpha value is -1.60. The zero-order chi connectivity index (χ0) is 16.9. The Labute approximate surface area is 133 Å². The van der Waals surface area contributed by atoms with Crippen LogP contribution in [0.25, 0.3) is 0 Å². The van der Waals surface area contributed by atoms with Crippen LogP contribution in [0.1, 0.15) is 30.5 Å². The summed E-state index contributed by atoms with van der Waals surface area (Å²) in [5, 5.41) is 2.83. The largest absolute Gasteiger partial charge is 0.416 e. The molecule has 0 bridgehead atoms. The van der Waals surface area contributed by atoms with Crippen molar-refractivity contribution in [2.75, 3.05) is 32.8 Å². The number of carbonyl (C=O) groups is 1. The molecule has 0 aliphatic carbocycles. The minimum atomic E-state index is -4.34. The molecule has 0 aromatic heterocycles. The molecule has 23 heavy (non-hydrogen) atoms. The van der Waals surface area contributed by atoms with Gasteiger partial charge in [0.1, 0.15) is 0 Å². The van der Waals surface area contributed by atoms with Crippen LogP contribution in [0.5, 0.6) is 0 Å². The van der Waals surface area contributed by atoms with Crippen molar-refractivity contribution in [2.45, 2.75) is 25.6 Å². The summed E-state index contributed by atoms with van der Waals surface area (Å²) in [5.41, 5.74) is 0.0934. The first-order chi connectivity index (χ1) is 10.9. The lowest BCUT2D eigenvalue weighted by Crippen LogP contribution is -2.43. The van der Waals surface area contributed by atoms with E-state index in [0.29, 0.717) is 39.3 Å². The second kappa shape index (κ2) is 7.79. The van der Waals surface area contributed by atoms with E-state index in [4.69, 9.17) is 4.74 Å². The molecule has 1 saturated heterocycles. The first-order valence-corrected chi connectivity index (χ1v) is 7.67. The predicted octanol–water partition coefficient (Wildman–Crippen LogP) is 2.60. The number of morpholine rings is 1. The van der Waals surface area contributed by atoms with Crippen molar-refractivity contribution in [3.63, 3.8) is 0 Å². The van der Waals surface area contributed by atoms with Crippen molar-refractivity contribution in [1.82, 2.24) is 10.2 Å². The van der Waals surface area contributed by atoms with Crippen molar-refractivity contribution >= 4 is 5.91 Å². The average Bonchev–Trinajstić information content (AvgIpc) is 2.55.